The molecule has 2 bridgehead atoms. The quantitative estimate of drug-likeness (QED) is 0.650. The summed E-state index contributed by atoms with van der Waals surface area (Å²) in [7, 11) is 0. The Bertz CT molecular complexity index is 863. The van der Waals surface area contributed by atoms with Crippen LogP contribution in [0, 0.1) is 5.82 Å². The Kier molecular flexibility index (Phi) is 4.69. The Balaban J connectivity index is 1.78. The number of nitrogens with zero attached hydrogens (tertiary/aromatic N) is 1. The molecule has 0 amide bonds. The number of benzene rings is 1. The number of ether oxygens (including phenoxy) is 1. The van der Waals surface area contributed by atoms with Gasteiger partial charge in [0, 0.05) is 17.4 Å². The number of carbonyl (C=O) groups excluding carboxylic acids is 1. The minimum atomic E-state index is -0.303. The zero-order valence-corrected chi connectivity index (χ0v) is 16.1. The molecular formula is C20H20BrFN2O2. The molecule has 1 heterocycles. The van der Waals surface area contributed by atoms with Gasteiger partial charge in [-0.15, -0.1) is 0 Å². The van der Waals surface area contributed by atoms with Crippen molar-refractivity contribution < 1.29 is 13.9 Å². The van der Waals surface area contributed by atoms with Crippen LogP contribution in [-0.2, 0) is 4.74 Å². The fraction of sp³-hybridized carbons (Fsp3) is 0.400. The monoisotopic (exact) mass is 418 g/mol. The molecule has 0 aliphatic heterocycles. The molecule has 1 N–H and O–H groups in total. The fourth-order valence-electron chi connectivity index (χ4n) is 4.25. The van der Waals surface area contributed by atoms with Crippen LogP contribution in [0.4, 0.5) is 15.9 Å². The molecule has 5 rings (SSSR count). The highest BCUT2D eigenvalue weighted by Gasteiger charge is 2.38. The van der Waals surface area contributed by atoms with Crippen LogP contribution in [0.5, 0.6) is 0 Å². The maximum atomic E-state index is 13.5. The fourth-order valence-corrected chi connectivity index (χ4v) is 4.63. The normalized spacial score (nSPS) is 20.6. The highest BCUT2D eigenvalue weighted by atomic mass is 79.9. The van der Waals surface area contributed by atoms with Crippen LogP contribution in [0.25, 0.3) is 0 Å². The minimum Gasteiger partial charge on any atom is -0.462 e. The highest BCUT2D eigenvalue weighted by molar-refractivity contribution is 9.10. The van der Waals surface area contributed by atoms with Crippen molar-refractivity contribution in [3.63, 3.8) is 0 Å². The Morgan fingerprint density at radius 2 is 1.96 bits per heavy atom. The minimum absolute atomic E-state index is 0.292. The van der Waals surface area contributed by atoms with E-state index < -0.39 is 0 Å². The molecule has 1 saturated carbocycles. The van der Waals surface area contributed by atoms with Gasteiger partial charge in [-0.25, -0.2) is 14.2 Å². The average molecular weight is 419 g/mol. The molecule has 6 heteroatoms. The lowest BCUT2D eigenvalue weighted by molar-refractivity contribution is 0.0522. The van der Waals surface area contributed by atoms with Crippen LogP contribution < -0.4 is 5.32 Å². The summed E-state index contributed by atoms with van der Waals surface area (Å²) in [6.45, 7) is 2.16. The lowest BCUT2D eigenvalue weighted by atomic mass is 9.66. The van der Waals surface area contributed by atoms with Crippen molar-refractivity contribution >= 4 is 33.4 Å². The van der Waals surface area contributed by atoms with Crippen molar-refractivity contribution in [3.8, 4) is 0 Å². The van der Waals surface area contributed by atoms with Crippen molar-refractivity contribution in [2.75, 3.05) is 11.9 Å². The molecule has 1 aromatic heterocycles. The molecule has 1 fully saturated rings. The molecule has 1 aromatic carbocycles. The Hall–Kier alpha value is -1.95. The molecule has 3 aliphatic rings. The van der Waals surface area contributed by atoms with E-state index in [9.17, 15) is 9.18 Å². The number of nitrogens with one attached hydrogen (secondary N) is 1. The number of hydrogen-bond donors (Lipinski definition) is 1. The maximum absolute atomic E-state index is 13.5. The standard InChI is InChI=1S/C20H20BrFN2O2/c1-2-26-20(25)14-10-23-19(24-13-7-8-16(22)15(21)9-13)18-12-5-3-11(4-6-12)17(14)18/h7-12H,2-6H2,1H3,(H,23,24). The van der Waals surface area contributed by atoms with E-state index in [-0.39, 0.29) is 11.8 Å². The van der Waals surface area contributed by atoms with Gasteiger partial charge in [0.2, 0.25) is 0 Å². The first-order valence-electron chi connectivity index (χ1n) is 9.00. The third-order valence-electron chi connectivity index (χ3n) is 5.38. The van der Waals surface area contributed by atoms with E-state index in [0.29, 0.717) is 28.5 Å². The maximum Gasteiger partial charge on any atom is 0.339 e. The summed E-state index contributed by atoms with van der Waals surface area (Å²) in [6, 6.07) is 4.80. The van der Waals surface area contributed by atoms with Crippen LogP contribution in [0.2, 0.25) is 0 Å². The predicted octanol–water partition coefficient (Wildman–Crippen LogP) is 5.66. The number of fused-ring (bicyclic) bond motifs is 2. The van der Waals surface area contributed by atoms with Gasteiger partial charge in [0.25, 0.3) is 0 Å². The summed E-state index contributed by atoms with van der Waals surface area (Å²) < 4.78 is 19.2. The molecule has 2 aromatic rings. The number of carbonyl (C=O) groups is 1. The molecule has 0 radical (unpaired) electrons. The third-order valence-corrected chi connectivity index (χ3v) is 5.99. The first-order chi connectivity index (χ1) is 12.6. The molecule has 136 valence electrons. The first-order valence-corrected chi connectivity index (χ1v) is 9.79. The summed E-state index contributed by atoms with van der Waals surface area (Å²) in [6.07, 6.45) is 6.07. The highest BCUT2D eigenvalue weighted by Crippen LogP contribution is 2.52. The summed E-state index contributed by atoms with van der Waals surface area (Å²) in [5.41, 5.74) is 3.60. The second-order valence-electron chi connectivity index (χ2n) is 6.87. The Morgan fingerprint density at radius 3 is 2.62 bits per heavy atom. The topological polar surface area (TPSA) is 51.2 Å². The van der Waals surface area contributed by atoms with Gasteiger partial charge in [-0.1, -0.05) is 0 Å². The average Bonchev–Trinajstić information content (AvgIpc) is 2.66. The van der Waals surface area contributed by atoms with Crippen molar-refractivity contribution in [2.24, 2.45) is 0 Å². The van der Waals surface area contributed by atoms with Gasteiger partial charge >= 0.3 is 5.97 Å². The number of hydrogen-bond acceptors (Lipinski definition) is 4. The molecule has 0 spiro atoms. The molecule has 0 unspecified atom stereocenters. The number of pyridine rings is 1. The summed E-state index contributed by atoms with van der Waals surface area (Å²) >= 11 is 3.22. The zero-order chi connectivity index (χ0) is 18.3. The van der Waals surface area contributed by atoms with Gasteiger partial charge in [-0.3, -0.25) is 0 Å². The molecule has 0 atom stereocenters. The van der Waals surface area contributed by atoms with E-state index in [1.165, 1.54) is 6.07 Å². The van der Waals surface area contributed by atoms with Crippen molar-refractivity contribution in [2.45, 2.75) is 44.4 Å². The van der Waals surface area contributed by atoms with E-state index >= 15 is 0 Å². The van der Waals surface area contributed by atoms with Crippen molar-refractivity contribution in [3.05, 3.63) is 51.4 Å². The number of aromatic nitrogens is 1. The van der Waals surface area contributed by atoms with Crippen molar-refractivity contribution in [1.82, 2.24) is 4.98 Å². The number of anilines is 2. The molecule has 3 aliphatic carbocycles. The Labute approximate surface area is 160 Å². The summed E-state index contributed by atoms with van der Waals surface area (Å²) in [4.78, 5) is 17.0. The first kappa shape index (κ1) is 17.5. The smallest absolute Gasteiger partial charge is 0.339 e. The van der Waals surface area contributed by atoms with E-state index in [1.807, 2.05) is 6.92 Å². The lowest BCUT2D eigenvalue weighted by Crippen LogP contribution is -2.26. The second-order valence-corrected chi connectivity index (χ2v) is 7.73. The van der Waals surface area contributed by atoms with Crippen LogP contribution in [0.1, 0.15) is 65.9 Å². The summed E-state index contributed by atoms with van der Waals surface area (Å²) in [5, 5.41) is 3.32. The van der Waals surface area contributed by atoms with Gasteiger partial charge < -0.3 is 10.1 Å². The van der Waals surface area contributed by atoms with E-state index in [2.05, 4.69) is 26.2 Å². The third kappa shape index (κ3) is 3.00. The number of halogens is 2. The molecular weight excluding hydrogens is 399 g/mol. The predicted molar refractivity (Wildman–Crippen MR) is 102 cm³/mol. The van der Waals surface area contributed by atoms with E-state index in [4.69, 9.17) is 4.74 Å². The largest absolute Gasteiger partial charge is 0.462 e. The SMILES string of the molecule is CCOC(=O)c1cnc(Nc2ccc(F)c(Br)c2)c2c1C1CCC2CC1. The molecule has 26 heavy (non-hydrogen) atoms. The van der Waals surface area contributed by atoms with Crippen LogP contribution in [-0.4, -0.2) is 17.6 Å². The van der Waals surface area contributed by atoms with E-state index in [0.717, 1.165) is 48.3 Å². The van der Waals surface area contributed by atoms with Gasteiger partial charge in [-0.05, 0) is 84.1 Å². The van der Waals surface area contributed by atoms with Gasteiger partial charge in [0.1, 0.15) is 11.6 Å². The lowest BCUT2D eigenvalue weighted by Gasteiger charge is -2.40. The van der Waals surface area contributed by atoms with Gasteiger partial charge in [0.05, 0.1) is 16.6 Å². The Morgan fingerprint density at radius 1 is 1.27 bits per heavy atom. The van der Waals surface area contributed by atoms with Crippen molar-refractivity contribution in [1.29, 1.82) is 0 Å². The molecule has 0 saturated heterocycles. The number of rotatable bonds is 4. The second kappa shape index (κ2) is 6.99. The molecule has 4 nitrogen and oxygen atoms in total. The van der Waals surface area contributed by atoms with Crippen LogP contribution in [0.3, 0.4) is 0 Å². The zero-order valence-electron chi connectivity index (χ0n) is 14.5. The van der Waals surface area contributed by atoms with Crippen LogP contribution >= 0.6 is 15.9 Å². The van der Waals surface area contributed by atoms with E-state index in [1.54, 1.807) is 18.3 Å². The van der Waals surface area contributed by atoms with Gasteiger partial charge in [0.15, 0.2) is 0 Å². The number of esters is 1. The van der Waals surface area contributed by atoms with Crippen LogP contribution in [0.15, 0.2) is 28.9 Å². The van der Waals surface area contributed by atoms with Gasteiger partial charge in [-0.2, -0.15) is 0 Å². The summed E-state index contributed by atoms with van der Waals surface area (Å²) in [5.74, 6) is 0.962.